The molecule has 0 aliphatic carbocycles. The Morgan fingerprint density at radius 2 is 1.79 bits per heavy atom. The lowest BCUT2D eigenvalue weighted by atomic mass is 9.84. The van der Waals surface area contributed by atoms with E-state index in [1.165, 1.54) is 37.1 Å². The molecule has 152 valence electrons. The Labute approximate surface area is 172 Å². The van der Waals surface area contributed by atoms with Crippen LogP contribution < -0.4 is 10.1 Å². The van der Waals surface area contributed by atoms with E-state index in [0.717, 1.165) is 30.8 Å². The number of fused-ring (bicyclic) bond motifs is 4. The van der Waals surface area contributed by atoms with Crippen LogP contribution in [0.5, 0.6) is 5.75 Å². The normalized spacial score (nSPS) is 28.0. The SMILES string of the molecule is COc1ccc(C2c3ccccc3CCN2C(=O)N[C@@H]2CN3CCC2CC3)cc1. The van der Waals surface area contributed by atoms with Crippen molar-refractivity contribution < 1.29 is 9.53 Å². The van der Waals surface area contributed by atoms with Crippen molar-refractivity contribution in [2.45, 2.75) is 31.3 Å². The number of amides is 2. The van der Waals surface area contributed by atoms with Gasteiger partial charge in [-0.1, -0.05) is 36.4 Å². The van der Waals surface area contributed by atoms with Gasteiger partial charge in [0.15, 0.2) is 0 Å². The second-order valence-electron chi connectivity index (χ2n) is 8.51. The number of carbonyl (C=O) groups is 1. The van der Waals surface area contributed by atoms with Crippen LogP contribution in [0.3, 0.4) is 0 Å². The van der Waals surface area contributed by atoms with E-state index in [2.05, 4.69) is 46.6 Å². The van der Waals surface area contributed by atoms with Gasteiger partial charge in [0.1, 0.15) is 5.75 Å². The summed E-state index contributed by atoms with van der Waals surface area (Å²) in [4.78, 5) is 17.9. The number of hydrogen-bond acceptors (Lipinski definition) is 3. The van der Waals surface area contributed by atoms with E-state index < -0.39 is 0 Å². The molecule has 0 spiro atoms. The zero-order valence-electron chi connectivity index (χ0n) is 17.0. The first-order chi connectivity index (χ1) is 14.2. The Morgan fingerprint density at radius 1 is 1.03 bits per heavy atom. The van der Waals surface area contributed by atoms with Gasteiger partial charge in [-0.05, 0) is 67.1 Å². The lowest BCUT2D eigenvalue weighted by Crippen LogP contribution is -2.59. The molecule has 1 N–H and O–H groups in total. The number of nitrogens with zero attached hydrogens (tertiary/aromatic N) is 2. The van der Waals surface area contributed by atoms with Gasteiger partial charge < -0.3 is 19.9 Å². The number of nitrogens with one attached hydrogen (secondary N) is 1. The van der Waals surface area contributed by atoms with Gasteiger partial charge in [0.05, 0.1) is 13.2 Å². The Hall–Kier alpha value is -2.53. The van der Waals surface area contributed by atoms with Gasteiger partial charge in [0, 0.05) is 19.1 Å². The minimum atomic E-state index is -0.0630. The number of ether oxygens (including phenoxy) is 1. The van der Waals surface area contributed by atoms with Crippen LogP contribution in [0, 0.1) is 5.92 Å². The first-order valence-electron chi connectivity index (χ1n) is 10.7. The van der Waals surface area contributed by atoms with Crippen LogP contribution in [0.25, 0.3) is 0 Å². The summed E-state index contributed by atoms with van der Waals surface area (Å²) in [5.41, 5.74) is 3.69. The molecule has 0 saturated carbocycles. The summed E-state index contributed by atoms with van der Waals surface area (Å²) in [6.45, 7) is 4.10. The summed E-state index contributed by atoms with van der Waals surface area (Å²) in [5, 5.41) is 3.39. The second-order valence-corrected chi connectivity index (χ2v) is 8.51. The molecular weight excluding hydrogens is 362 g/mol. The molecule has 5 nitrogen and oxygen atoms in total. The third kappa shape index (κ3) is 3.48. The van der Waals surface area contributed by atoms with E-state index in [4.69, 9.17) is 4.74 Å². The van der Waals surface area contributed by atoms with E-state index in [1.54, 1.807) is 7.11 Å². The van der Waals surface area contributed by atoms with Crippen molar-refractivity contribution in [2.24, 2.45) is 5.92 Å². The standard InChI is InChI=1S/C24H29N3O2/c1-29-20-8-6-19(7-9-20)23-21-5-3-2-4-17(21)12-15-27(23)24(28)25-22-16-26-13-10-18(22)11-14-26/h2-9,18,22-23H,10-16H2,1H3,(H,25,28)/t22-,23?/m1/s1. The first kappa shape index (κ1) is 18.5. The zero-order valence-corrected chi connectivity index (χ0v) is 17.0. The molecule has 2 aromatic carbocycles. The van der Waals surface area contributed by atoms with Gasteiger partial charge in [0.2, 0.25) is 0 Å². The molecule has 5 heteroatoms. The number of benzene rings is 2. The predicted octanol–water partition coefficient (Wildman–Crippen LogP) is 3.45. The predicted molar refractivity (Wildman–Crippen MR) is 113 cm³/mol. The van der Waals surface area contributed by atoms with Crippen molar-refractivity contribution in [2.75, 3.05) is 33.3 Å². The lowest BCUT2D eigenvalue weighted by Gasteiger charge is -2.46. The van der Waals surface area contributed by atoms with Crippen LogP contribution in [0.1, 0.15) is 35.6 Å². The zero-order chi connectivity index (χ0) is 19.8. The molecule has 4 heterocycles. The van der Waals surface area contributed by atoms with E-state index in [1.807, 2.05) is 17.0 Å². The molecule has 1 unspecified atom stereocenters. The Kier molecular flexibility index (Phi) is 4.92. The van der Waals surface area contributed by atoms with Crippen molar-refractivity contribution in [3.8, 4) is 5.75 Å². The van der Waals surface area contributed by atoms with Crippen LogP contribution in [0.2, 0.25) is 0 Å². The third-order valence-electron chi connectivity index (χ3n) is 6.94. The summed E-state index contributed by atoms with van der Waals surface area (Å²) in [6.07, 6.45) is 3.31. The second kappa shape index (κ2) is 7.71. The van der Waals surface area contributed by atoms with Crippen LogP contribution >= 0.6 is 0 Å². The molecule has 3 fully saturated rings. The maximum atomic E-state index is 13.4. The van der Waals surface area contributed by atoms with Gasteiger partial charge in [-0.3, -0.25) is 0 Å². The van der Waals surface area contributed by atoms with E-state index in [-0.39, 0.29) is 18.1 Å². The van der Waals surface area contributed by atoms with Gasteiger partial charge in [-0.15, -0.1) is 0 Å². The fraction of sp³-hybridized carbons (Fsp3) is 0.458. The highest BCUT2D eigenvalue weighted by molar-refractivity contribution is 5.76. The van der Waals surface area contributed by atoms with Crippen molar-refractivity contribution in [1.82, 2.24) is 15.1 Å². The van der Waals surface area contributed by atoms with Crippen LogP contribution in [-0.2, 0) is 6.42 Å². The fourth-order valence-corrected chi connectivity index (χ4v) is 5.30. The molecule has 2 atom stereocenters. The number of hydrogen-bond donors (Lipinski definition) is 1. The molecular formula is C24H29N3O2. The average molecular weight is 392 g/mol. The minimum Gasteiger partial charge on any atom is -0.497 e. The van der Waals surface area contributed by atoms with E-state index >= 15 is 0 Å². The maximum Gasteiger partial charge on any atom is 0.318 e. The van der Waals surface area contributed by atoms with Crippen molar-refractivity contribution in [3.63, 3.8) is 0 Å². The number of methoxy groups -OCH3 is 1. The van der Waals surface area contributed by atoms with E-state index in [9.17, 15) is 4.79 Å². The number of piperidine rings is 3. The van der Waals surface area contributed by atoms with Crippen LogP contribution in [0.4, 0.5) is 4.79 Å². The van der Waals surface area contributed by atoms with Crippen molar-refractivity contribution in [3.05, 3.63) is 65.2 Å². The first-order valence-corrected chi connectivity index (χ1v) is 10.7. The number of rotatable bonds is 3. The third-order valence-corrected chi connectivity index (χ3v) is 6.94. The fourth-order valence-electron chi connectivity index (χ4n) is 5.30. The Balaban J connectivity index is 1.43. The van der Waals surface area contributed by atoms with E-state index in [0.29, 0.717) is 5.92 Å². The summed E-state index contributed by atoms with van der Waals surface area (Å²) in [6, 6.07) is 16.9. The Morgan fingerprint density at radius 3 is 2.48 bits per heavy atom. The van der Waals surface area contributed by atoms with Gasteiger partial charge in [-0.25, -0.2) is 4.79 Å². The molecule has 4 aliphatic heterocycles. The highest BCUT2D eigenvalue weighted by Crippen LogP contribution is 2.36. The number of carbonyl (C=O) groups excluding carboxylic acids is 1. The molecule has 2 amide bonds. The molecule has 0 aromatic heterocycles. The highest BCUT2D eigenvalue weighted by atomic mass is 16.5. The van der Waals surface area contributed by atoms with Crippen molar-refractivity contribution in [1.29, 1.82) is 0 Å². The largest absolute Gasteiger partial charge is 0.497 e. The smallest absolute Gasteiger partial charge is 0.318 e. The summed E-state index contributed by atoms with van der Waals surface area (Å²) >= 11 is 0. The number of urea groups is 1. The highest BCUT2D eigenvalue weighted by Gasteiger charge is 2.38. The Bertz CT molecular complexity index is 874. The summed E-state index contributed by atoms with van der Waals surface area (Å²) in [5.74, 6) is 1.46. The molecule has 2 bridgehead atoms. The molecule has 0 radical (unpaired) electrons. The molecule has 3 saturated heterocycles. The van der Waals surface area contributed by atoms with Crippen LogP contribution in [0.15, 0.2) is 48.5 Å². The molecule has 29 heavy (non-hydrogen) atoms. The summed E-state index contributed by atoms with van der Waals surface area (Å²) < 4.78 is 5.33. The molecule has 2 aromatic rings. The maximum absolute atomic E-state index is 13.4. The minimum absolute atomic E-state index is 0.0630. The molecule has 4 aliphatic rings. The van der Waals surface area contributed by atoms with Gasteiger partial charge >= 0.3 is 6.03 Å². The summed E-state index contributed by atoms with van der Waals surface area (Å²) in [7, 11) is 1.68. The topological polar surface area (TPSA) is 44.8 Å². The lowest BCUT2D eigenvalue weighted by molar-refractivity contribution is 0.0715. The van der Waals surface area contributed by atoms with Gasteiger partial charge in [-0.2, -0.15) is 0 Å². The quantitative estimate of drug-likeness (QED) is 0.872. The van der Waals surface area contributed by atoms with Crippen LogP contribution in [-0.4, -0.2) is 55.2 Å². The monoisotopic (exact) mass is 391 g/mol. The van der Waals surface area contributed by atoms with Crippen molar-refractivity contribution >= 4 is 6.03 Å². The van der Waals surface area contributed by atoms with Gasteiger partial charge in [0.25, 0.3) is 0 Å². The molecule has 6 rings (SSSR count). The average Bonchev–Trinajstić information content (AvgIpc) is 2.79.